The van der Waals surface area contributed by atoms with Gasteiger partial charge in [-0.2, -0.15) is 0 Å². The summed E-state index contributed by atoms with van der Waals surface area (Å²) < 4.78 is 5.06. The molecule has 1 heterocycles. The molecule has 9 N–H and O–H groups in total. The molecule has 12 heteroatoms. The van der Waals surface area contributed by atoms with Crippen molar-refractivity contribution in [2.45, 2.75) is 95.5 Å². The Balaban J connectivity index is 0.000000561. The van der Waals surface area contributed by atoms with Gasteiger partial charge in [0, 0.05) is 13.8 Å². The Labute approximate surface area is 175 Å². The standard InChI is InChI=1S/C9H17NO5.C9H19NO5/c1-3-5-7(12)8(13)6(9(14)15-5)10-4(2)11;1-3-7(13)9(15)8(14)6(4-11)10-5(2)12/h5-9,12-14H,3H2,1-2H3,(H,10,11);6-9,11,13-15H,3-4H2,1-2H3,(H,10,12)/t;6-,7-,8-,9-/m.1/s1. The fraction of sp³-hybridized carbons (Fsp3) is 0.889. The lowest BCUT2D eigenvalue weighted by molar-refractivity contribution is -0.247. The van der Waals surface area contributed by atoms with Crippen LogP contribution in [0.5, 0.6) is 0 Å². The second-order valence-corrected chi connectivity index (χ2v) is 7.13. The summed E-state index contributed by atoms with van der Waals surface area (Å²) in [5, 5.41) is 70.5. The summed E-state index contributed by atoms with van der Waals surface area (Å²) in [7, 11) is 0. The van der Waals surface area contributed by atoms with Crippen LogP contribution in [0.1, 0.15) is 40.5 Å². The van der Waals surface area contributed by atoms with Gasteiger partial charge in [0.2, 0.25) is 11.8 Å². The topological polar surface area (TPSA) is 209 Å². The summed E-state index contributed by atoms with van der Waals surface area (Å²) >= 11 is 0. The maximum absolute atomic E-state index is 10.8. The van der Waals surface area contributed by atoms with Crippen LogP contribution in [0.25, 0.3) is 0 Å². The van der Waals surface area contributed by atoms with E-state index in [-0.39, 0.29) is 6.42 Å². The Bertz CT molecular complexity index is 519. The number of hydrogen-bond acceptors (Lipinski definition) is 10. The lowest BCUT2D eigenvalue weighted by Gasteiger charge is -2.40. The summed E-state index contributed by atoms with van der Waals surface area (Å²) in [6, 6.07) is -1.96. The van der Waals surface area contributed by atoms with E-state index in [4.69, 9.17) is 9.84 Å². The molecule has 1 saturated heterocycles. The number of aliphatic hydroxyl groups is 7. The number of amides is 2. The fourth-order valence-corrected chi connectivity index (χ4v) is 2.88. The predicted molar refractivity (Wildman–Crippen MR) is 104 cm³/mol. The molecule has 0 radical (unpaired) electrons. The average molecular weight is 440 g/mol. The van der Waals surface area contributed by atoms with Crippen LogP contribution in [0, 0.1) is 0 Å². The lowest BCUT2D eigenvalue weighted by Crippen LogP contribution is -2.63. The van der Waals surface area contributed by atoms with Crippen molar-refractivity contribution < 1.29 is 50.1 Å². The fourth-order valence-electron chi connectivity index (χ4n) is 2.88. The maximum Gasteiger partial charge on any atom is 0.217 e. The van der Waals surface area contributed by atoms with E-state index in [0.29, 0.717) is 6.42 Å². The van der Waals surface area contributed by atoms with Crippen LogP contribution in [0.3, 0.4) is 0 Å². The molecular weight excluding hydrogens is 404 g/mol. The molecule has 30 heavy (non-hydrogen) atoms. The van der Waals surface area contributed by atoms with Crippen LogP contribution >= 0.6 is 0 Å². The molecule has 0 bridgehead atoms. The highest BCUT2D eigenvalue weighted by atomic mass is 16.6. The molecule has 0 aromatic carbocycles. The molecule has 178 valence electrons. The molecule has 12 nitrogen and oxygen atoms in total. The van der Waals surface area contributed by atoms with Crippen molar-refractivity contribution in [2.75, 3.05) is 6.61 Å². The van der Waals surface area contributed by atoms with Gasteiger partial charge in [-0.05, 0) is 12.8 Å². The van der Waals surface area contributed by atoms with Gasteiger partial charge in [-0.3, -0.25) is 9.59 Å². The van der Waals surface area contributed by atoms with Gasteiger partial charge in [0.05, 0.1) is 24.9 Å². The number of rotatable bonds is 8. The zero-order valence-electron chi connectivity index (χ0n) is 17.7. The summed E-state index contributed by atoms with van der Waals surface area (Å²) in [5.41, 5.74) is 0. The van der Waals surface area contributed by atoms with E-state index in [9.17, 15) is 40.2 Å². The SMILES string of the molecule is CCC1OC(O)C(NC(C)=O)C(O)C1O.CC[C@@H](O)[C@@H](O)[C@H](O)[C@@H](CO)NC(C)=O. The quantitative estimate of drug-likeness (QED) is 0.180. The minimum atomic E-state index is -1.39. The minimum absolute atomic E-state index is 0.274. The lowest BCUT2D eigenvalue weighted by atomic mass is 9.95. The van der Waals surface area contributed by atoms with Crippen LogP contribution < -0.4 is 10.6 Å². The Morgan fingerprint density at radius 3 is 1.93 bits per heavy atom. The Morgan fingerprint density at radius 1 is 0.967 bits per heavy atom. The first-order valence-corrected chi connectivity index (χ1v) is 9.79. The van der Waals surface area contributed by atoms with Crippen LogP contribution in [-0.4, -0.2) is 109 Å². The maximum atomic E-state index is 10.8. The molecule has 0 aromatic heterocycles. The van der Waals surface area contributed by atoms with Gasteiger partial charge in [0.1, 0.15) is 30.5 Å². The molecular formula is C18H36N2O10. The van der Waals surface area contributed by atoms with Gasteiger partial charge < -0.3 is 51.1 Å². The summed E-state index contributed by atoms with van der Waals surface area (Å²) in [6.07, 6.45) is -7.34. The van der Waals surface area contributed by atoms with Crippen molar-refractivity contribution in [3.8, 4) is 0 Å². The predicted octanol–water partition coefficient (Wildman–Crippen LogP) is -3.68. The van der Waals surface area contributed by atoms with Gasteiger partial charge in [0.25, 0.3) is 0 Å². The molecule has 1 fully saturated rings. The van der Waals surface area contributed by atoms with Gasteiger partial charge in [-0.1, -0.05) is 13.8 Å². The summed E-state index contributed by atoms with van der Waals surface area (Å²) in [6.45, 7) is 5.41. The zero-order valence-corrected chi connectivity index (χ0v) is 17.7. The van der Waals surface area contributed by atoms with Crippen molar-refractivity contribution in [3.05, 3.63) is 0 Å². The third kappa shape index (κ3) is 8.78. The van der Waals surface area contributed by atoms with Crippen LogP contribution in [0.15, 0.2) is 0 Å². The van der Waals surface area contributed by atoms with Crippen molar-refractivity contribution in [3.63, 3.8) is 0 Å². The van der Waals surface area contributed by atoms with Gasteiger partial charge in [0.15, 0.2) is 6.29 Å². The van der Waals surface area contributed by atoms with Crippen LogP contribution in [0.4, 0.5) is 0 Å². The molecule has 5 unspecified atom stereocenters. The molecule has 0 aromatic rings. The molecule has 9 atom stereocenters. The Kier molecular flexibility index (Phi) is 13.2. The van der Waals surface area contributed by atoms with E-state index in [1.54, 1.807) is 13.8 Å². The van der Waals surface area contributed by atoms with E-state index in [2.05, 4.69) is 10.6 Å². The summed E-state index contributed by atoms with van der Waals surface area (Å²) in [4.78, 5) is 21.5. The largest absolute Gasteiger partial charge is 0.394 e. The Hall–Kier alpha value is -1.38. The Morgan fingerprint density at radius 2 is 1.53 bits per heavy atom. The normalized spacial score (nSPS) is 30.2. The van der Waals surface area contributed by atoms with Gasteiger partial charge >= 0.3 is 0 Å². The number of ether oxygens (including phenoxy) is 1. The molecule has 2 amide bonds. The number of aliphatic hydroxyl groups excluding tert-OH is 7. The number of hydrogen-bond donors (Lipinski definition) is 9. The van der Waals surface area contributed by atoms with E-state index < -0.39 is 73.4 Å². The van der Waals surface area contributed by atoms with Gasteiger partial charge in [-0.15, -0.1) is 0 Å². The third-order valence-electron chi connectivity index (χ3n) is 4.65. The highest BCUT2D eigenvalue weighted by molar-refractivity contribution is 5.73. The first kappa shape index (κ1) is 28.6. The van der Waals surface area contributed by atoms with Crippen molar-refractivity contribution in [2.24, 2.45) is 0 Å². The molecule has 1 aliphatic heterocycles. The molecule has 0 saturated carbocycles. The molecule has 1 aliphatic rings. The van der Waals surface area contributed by atoms with E-state index in [1.165, 1.54) is 13.8 Å². The molecule has 1 rings (SSSR count). The minimum Gasteiger partial charge on any atom is -0.394 e. The van der Waals surface area contributed by atoms with Crippen molar-refractivity contribution >= 4 is 11.8 Å². The van der Waals surface area contributed by atoms with Gasteiger partial charge in [-0.25, -0.2) is 0 Å². The monoisotopic (exact) mass is 440 g/mol. The highest BCUT2D eigenvalue weighted by Crippen LogP contribution is 2.21. The zero-order chi connectivity index (χ0) is 23.6. The second kappa shape index (κ2) is 13.8. The number of nitrogens with one attached hydrogen (secondary N) is 2. The molecule has 0 spiro atoms. The van der Waals surface area contributed by atoms with Crippen LogP contribution in [0.2, 0.25) is 0 Å². The van der Waals surface area contributed by atoms with Crippen molar-refractivity contribution in [1.82, 2.24) is 10.6 Å². The number of carbonyl (C=O) groups is 2. The van der Waals surface area contributed by atoms with Crippen molar-refractivity contribution in [1.29, 1.82) is 0 Å². The number of carbonyl (C=O) groups excluding carboxylic acids is 2. The van der Waals surface area contributed by atoms with Crippen LogP contribution in [-0.2, 0) is 14.3 Å². The van der Waals surface area contributed by atoms with E-state index >= 15 is 0 Å². The summed E-state index contributed by atoms with van der Waals surface area (Å²) in [5.74, 6) is -0.824. The third-order valence-corrected chi connectivity index (χ3v) is 4.65. The average Bonchev–Trinajstić information content (AvgIpc) is 2.70. The second-order valence-electron chi connectivity index (χ2n) is 7.13. The first-order chi connectivity index (χ1) is 13.9. The smallest absolute Gasteiger partial charge is 0.217 e. The highest BCUT2D eigenvalue weighted by Gasteiger charge is 2.43. The molecule has 0 aliphatic carbocycles. The van der Waals surface area contributed by atoms with E-state index in [1.807, 2.05) is 0 Å². The van der Waals surface area contributed by atoms with E-state index in [0.717, 1.165) is 0 Å². The first-order valence-electron chi connectivity index (χ1n) is 9.79.